The molecule has 1 atom stereocenters. The van der Waals surface area contributed by atoms with Crippen LogP contribution < -0.4 is 5.32 Å². The van der Waals surface area contributed by atoms with Gasteiger partial charge in [0.2, 0.25) is 5.91 Å². The topological polar surface area (TPSA) is 57.8 Å². The van der Waals surface area contributed by atoms with Gasteiger partial charge >= 0.3 is 0 Å². The molecule has 1 heterocycles. The summed E-state index contributed by atoms with van der Waals surface area (Å²) in [6.45, 7) is 6.70. The smallest absolute Gasteiger partial charge is 0.233 e. The third kappa shape index (κ3) is 4.63. The molecule has 0 spiro atoms. The molecule has 4 nitrogen and oxygen atoms in total. The summed E-state index contributed by atoms with van der Waals surface area (Å²) in [7, 11) is 0. The predicted octanol–water partition coefficient (Wildman–Crippen LogP) is 3.32. The lowest BCUT2D eigenvalue weighted by molar-refractivity contribution is -0.120. The molecule has 5 heteroatoms. The number of rotatable bonds is 7. The van der Waals surface area contributed by atoms with Crippen molar-refractivity contribution in [3.05, 3.63) is 47.3 Å². The first kappa shape index (κ1) is 16.6. The average molecular weight is 317 g/mol. The van der Waals surface area contributed by atoms with Crippen LogP contribution in [0.3, 0.4) is 0 Å². The maximum Gasteiger partial charge on any atom is 0.233 e. The molecule has 0 radical (unpaired) electrons. The van der Waals surface area contributed by atoms with Gasteiger partial charge in [-0.25, -0.2) is 4.98 Å². The Bertz CT molecular complexity index is 610. The first-order chi connectivity index (χ1) is 10.6. The van der Waals surface area contributed by atoms with E-state index in [1.54, 1.807) is 0 Å². The van der Waals surface area contributed by atoms with Gasteiger partial charge in [-0.1, -0.05) is 49.0 Å². The molecule has 1 aromatic carbocycles. The lowest BCUT2D eigenvalue weighted by atomic mass is 10.1. The van der Waals surface area contributed by atoms with Crippen LogP contribution in [0.4, 0.5) is 0 Å². The number of carbonyl (C=O) groups is 1. The molecule has 0 aliphatic rings. The highest BCUT2D eigenvalue weighted by molar-refractivity contribution is 8.00. The SMILES string of the molecule is CCCNC(=O)C(C)Sc1nc(Cc2ccccc2)c(C)[nH]1. The zero-order chi connectivity index (χ0) is 15.9. The third-order valence-electron chi connectivity index (χ3n) is 3.39. The molecule has 0 saturated heterocycles. The van der Waals surface area contributed by atoms with Crippen molar-refractivity contribution in [1.29, 1.82) is 0 Å². The van der Waals surface area contributed by atoms with Crippen molar-refractivity contribution in [2.24, 2.45) is 0 Å². The first-order valence-electron chi connectivity index (χ1n) is 7.64. The highest BCUT2D eigenvalue weighted by Crippen LogP contribution is 2.23. The van der Waals surface area contributed by atoms with E-state index in [1.165, 1.54) is 17.3 Å². The molecule has 0 saturated carbocycles. The van der Waals surface area contributed by atoms with Gasteiger partial charge in [0.1, 0.15) is 0 Å². The first-order valence-corrected chi connectivity index (χ1v) is 8.52. The fraction of sp³-hybridized carbons (Fsp3) is 0.412. The van der Waals surface area contributed by atoms with E-state index in [-0.39, 0.29) is 11.2 Å². The maximum atomic E-state index is 11.9. The zero-order valence-electron chi connectivity index (χ0n) is 13.3. The molecular weight excluding hydrogens is 294 g/mol. The number of thioether (sulfide) groups is 1. The highest BCUT2D eigenvalue weighted by atomic mass is 32.2. The van der Waals surface area contributed by atoms with E-state index in [2.05, 4.69) is 27.4 Å². The maximum absolute atomic E-state index is 11.9. The van der Waals surface area contributed by atoms with Crippen LogP contribution in [0, 0.1) is 6.92 Å². The Kier molecular flexibility index (Phi) is 6.07. The molecule has 0 aliphatic heterocycles. The molecule has 1 amide bonds. The van der Waals surface area contributed by atoms with Crippen molar-refractivity contribution in [3.8, 4) is 0 Å². The minimum Gasteiger partial charge on any atom is -0.355 e. The summed E-state index contributed by atoms with van der Waals surface area (Å²) in [6.07, 6.45) is 1.75. The van der Waals surface area contributed by atoms with Crippen LogP contribution in [-0.2, 0) is 11.2 Å². The number of aryl methyl sites for hydroxylation is 1. The monoisotopic (exact) mass is 317 g/mol. The van der Waals surface area contributed by atoms with E-state index in [1.807, 2.05) is 39.0 Å². The number of hydrogen-bond acceptors (Lipinski definition) is 3. The second-order valence-corrected chi connectivity index (χ2v) is 6.66. The van der Waals surface area contributed by atoms with Crippen molar-refractivity contribution >= 4 is 17.7 Å². The summed E-state index contributed by atoms with van der Waals surface area (Å²) in [5, 5.41) is 3.57. The number of aromatic amines is 1. The van der Waals surface area contributed by atoms with E-state index in [0.29, 0.717) is 0 Å². The number of H-pyrrole nitrogens is 1. The summed E-state index contributed by atoms with van der Waals surface area (Å²) in [5.74, 6) is 0.0607. The number of nitrogens with one attached hydrogen (secondary N) is 2. The van der Waals surface area contributed by atoms with Gasteiger partial charge in [0.25, 0.3) is 0 Å². The Balaban J connectivity index is 1.99. The van der Waals surface area contributed by atoms with Crippen molar-refractivity contribution in [3.63, 3.8) is 0 Å². The van der Waals surface area contributed by atoms with E-state index < -0.39 is 0 Å². The minimum absolute atomic E-state index is 0.0607. The zero-order valence-corrected chi connectivity index (χ0v) is 14.2. The number of carbonyl (C=O) groups excluding carboxylic acids is 1. The van der Waals surface area contributed by atoms with Crippen LogP contribution in [-0.4, -0.2) is 27.7 Å². The predicted molar refractivity (Wildman–Crippen MR) is 91.2 cm³/mol. The van der Waals surface area contributed by atoms with E-state index in [4.69, 9.17) is 0 Å². The molecule has 2 N–H and O–H groups in total. The highest BCUT2D eigenvalue weighted by Gasteiger charge is 2.16. The van der Waals surface area contributed by atoms with Crippen molar-refractivity contribution in [2.45, 2.75) is 44.0 Å². The van der Waals surface area contributed by atoms with Gasteiger partial charge < -0.3 is 10.3 Å². The number of hydrogen-bond donors (Lipinski definition) is 2. The van der Waals surface area contributed by atoms with Crippen LogP contribution in [0.5, 0.6) is 0 Å². The summed E-state index contributed by atoms with van der Waals surface area (Å²) in [4.78, 5) is 19.8. The van der Waals surface area contributed by atoms with Crippen LogP contribution in [0.15, 0.2) is 35.5 Å². The average Bonchev–Trinajstić information content (AvgIpc) is 2.85. The van der Waals surface area contributed by atoms with Gasteiger partial charge in [-0.3, -0.25) is 4.79 Å². The van der Waals surface area contributed by atoms with Gasteiger partial charge in [-0.15, -0.1) is 0 Å². The summed E-state index contributed by atoms with van der Waals surface area (Å²) in [5.41, 5.74) is 3.34. The van der Waals surface area contributed by atoms with Gasteiger partial charge in [0, 0.05) is 18.7 Å². The molecule has 1 aromatic heterocycles. The van der Waals surface area contributed by atoms with Gasteiger partial charge in [-0.2, -0.15) is 0 Å². The quantitative estimate of drug-likeness (QED) is 0.770. The van der Waals surface area contributed by atoms with E-state index in [9.17, 15) is 4.79 Å². The molecule has 2 rings (SSSR count). The van der Waals surface area contributed by atoms with Crippen molar-refractivity contribution in [2.75, 3.05) is 6.54 Å². The Hall–Kier alpha value is -1.75. The largest absolute Gasteiger partial charge is 0.355 e. The second kappa shape index (κ2) is 8.03. The lowest BCUT2D eigenvalue weighted by Crippen LogP contribution is -2.31. The molecule has 22 heavy (non-hydrogen) atoms. The fourth-order valence-corrected chi connectivity index (χ4v) is 3.00. The van der Waals surface area contributed by atoms with Crippen molar-refractivity contribution < 1.29 is 4.79 Å². The molecule has 2 aromatic rings. The number of amides is 1. The third-order valence-corrected chi connectivity index (χ3v) is 4.37. The number of imidazole rings is 1. The normalized spacial score (nSPS) is 12.1. The van der Waals surface area contributed by atoms with Crippen LogP contribution >= 0.6 is 11.8 Å². The van der Waals surface area contributed by atoms with Crippen molar-refractivity contribution in [1.82, 2.24) is 15.3 Å². The number of aromatic nitrogens is 2. The second-order valence-electron chi connectivity index (χ2n) is 5.33. The summed E-state index contributed by atoms with van der Waals surface area (Å²) < 4.78 is 0. The Morgan fingerprint density at radius 3 is 2.77 bits per heavy atom. The summed E-state index contributed by atoms with van der Waals surface area (Å²) >= 11 is 1.47. The summed E-state index contributed by atoms with van der Waals surface area (Å²) in [6, 6.07) is 10.3. The fourth-order valence-electron chi connectivity index (χ4n) is 2.10. The van der Waals surface area contributed by atoms with Gasteiger partial charge in [-0.05, 0) is 25.8 Å². The van der Waals surface area contributed by atoms with Crippen LogP contribution in [0.1, 0.15) is 37.2 Å². The molecule has 1 unspecified atom stereocenters. The van der Waals surface area contributed by atoms with Crippen LogP contribution in [0.25, 0.3) is 0 Å². The Morgan fingerprint density at radius 1 is 1.36 bits per heavy atom. The minimum atomic E-state index is -0.151. The Morgan fingerprint density at radius 2 is 2.09 bits per heavy atom. The van der Waals surface area contributed by atoms with E-state index >= 15 is 0 Å². The van der Waals surface area contributed by atoms with Gasteiger partial charge in [0.05, 0.1) is 10.9 Å². The number of nitrogens with zero attached hydrogens (tertiary/aromatic N) is 1. The molecule has 0 aliphatic carbocycles. The molecule has 118 valence electrons. The van der Waals surface area contributed by atoms with E-state index in [0.717, 1.165) is 35.9 Å². The van der Waals surface area contributed by atoms with Gasteiger partial charge in [0.15, 0.2) is 5.16 Å². The van der Waals surface area contributed by atoms with Crippen LogP contribution in [0.2, 0.25) is 0 Å². The molecular formula is C17H23N3OS. The standard InChI is InChI=1S/C17H23N3OS/c1-4-10-18-16(21)13(3)22-17-19-12(2)15(20-17)11-14-8-6-5-7-9-14/h5-9,13H,4,10-11H2,1-3H3,(H,18,21)(H,19,20). The Labute approximate surface area is 136 Å². The lowest BCUT2D eigenvalue weighted by Gasteiger charge is -2.09. The molecule has 0 fully saturated rings. The molecule has 0 bridgehead atoms. The number of benzene rings is 1.